The summed E-state index contributed by atoms with van der Waals surface area (Å²) in [7, 11) is -2.63. The Morgan fingerprint density at radius 2 is 2.16 bits per heavy atom. The van der Waals surface area contributed by atoms with E-state index in [2.05, 4.69) is 14.4 Å². The molecule has 0 aromatic carbocycles. The van der Waals surface area contributed by atoms with Gasteiger partial charge in [-0.3, -0.25) is 4.98 Å². The third-order valence-electron chi connectivity index (χ3n) is 3.40. The Labute approximate surface area is 148 Å². The zero-order chi connectivity index (χ0) is 17.9. The number of pyridine rings is 1. The third kappa shape index (κ3) is 3.78. The topological polar surface area (TPSA) is 98.5 Å². The molecular formula is C16H14N2O5S2. The van der Waals surface area contributed by atoms with Crippen LogP contribution in [-0.2, 0) is 21.3 Å². The van der Waals surface area contributed by atoms with Crippen LogP contribution in [0.1, 0.15) is 15.2 Å². The summed E-state index contributed by atoms with van der Waals surface area (Å²) < 4.78 is 36.9. The van der Waals surface area contributed by atoms with Crippen LogP contribution in [0.5, 0.6) is 0 Å². The standard InChI is InChI=1S/C16H14N2O5S2/c1-22-16(19)15-14(5-7-24-15)25(20,21)18-9-11-2-3-13(17-8-11)12-4-6-23-10-12/h2-8,10,18H,9H2,1H3. The monoisotopic (exact) mass is 378 g/mol. The highest BCUT2D eigenvalue weighted by Gasteiger charge is 2.24. The fourth-order valence-corrected chi connectivity index (χ4v) is 4.47. The van der Waals surface area contributed by atoms with E-state index >= 15 is 0 Å². The number of nitrogens with zero attached hydrogens (tertiary/aromatic N) is 1. The number of hydrogen-bond acceptors (Lipinski definition) is 7. The summed E-state index contributed by atoms with van der Waals surface area (Å²) in [5.41, 5.74) is 2.25. The second-order valence-corrected chi connectivity index (χ2v) is 7.65. The van der Waals surface area contributed by atoms with E-state index in [0.717, 1.165) is 22.6 Å². The maximum absolute atomic E-state index is 12.4. The van der Waals surface area contributed by atoms with Crippen molar-refractivity contribution in [3.05, 3.63) is 58.8 Å². The van der Waals surface area contributed by atoms with Gasteiger partial charge in [0.25, 0.3) is 0 Å². The van der Waals surface area contributed by atoms with Gasteiger partial charge in [0.1, 0.15) is 9.77 Å². The van der Waals surface area contributed by atoms with Crippen molar-refractivity contribution >= 4 is 27.3 Å². The summed E-state index contributed by atoms with van der Waals surface area (Å²) in [5.74, 6) is -0.679. The molecule has 0 radical (unpaired) electrons. The van der Waals surface area contributed by atoms with Gasteiger partial charge >= 0.3 is 5.97 Å². The van der Waals surface area contributed by atoms with Gasteiger partial charge in [0.15, 0.2) is 0 Å². The van der Waals surface area contributed by atoms with E-state index in [4.69, 9.17) is 4.42 Å². The normalized spacial score (nSPS) is 11.4. The van der Waals surface area contributed by atoms with E-state index in [1.54, 1.807) is 36.9 Å². The molecule has 7 nitrogen and oxygen atoms in total. The Balaban J connectivity index is 1.72. The Kier molecular flexibility index (Phi) is 4.98. The summed E-state index contributed by atoms with van der Waals surface area (Å²) in [6, 6.07) is 6.71. The first-order valence-electron chi connectivity index (χ1n) is 7.14. The molecule has 1 N–H and O–H groups in total. The first kappa shape index (κ1) is 17.3. The largest absolute Gasteiger partial charge is 0.472 e. The lowest BCUT2D eigenvalue weighted by Gasteiger charge is -2.07. The number of hydrogen-bond donors (Lipinski definition) is 1. The van der Waals surface area contributed by atoms with Gasteiger partial charge in [-0.2, -0.15) is 0 Å². The Morgan fingerprint density at radius 1 is 1.32 bits per heavy atom. The molecule has 0 aliphatic heterocycles. The van der Waals surface area contributed by atoms with Crippen LogP contribution in [0.3, 0.4) is 0 Å². The maximum Gasteiger partial charge on any atom is 0.349 e. The van der Waals surface area contributed by atoms with Crippen molar-refractivity contribution in [2.45, 2.75) is 11.4 Å². The number of rotatable bonds is 6. The maximum atomic E-state index is 12.4. The first-order chi connectivity index (χ1) is 12.0. The fraction of sp³-hybridized carbons (Fsp3) is 0.125. The molecule has 0 aliphatic rings. The zero-order valence-electron chi connectivity index (χ0n) is 13.1. The Hall–Kier alpha value is -2.49. The summed E-state index contributed by atoms with van der Waals surface area (Å²) in [4.78, 5) is 15.9. The molecule has 3 heterocycles. The first-order valence-corrected chi connectivity index (χ1v) is 9.50. The molecule has 0 saturated heterocycles. The van der Waals surface area contributed by atoms with Gasteiger partial charge in [-0.25, -0.2) is 17.9 Å². The molecule has 0 spiro atoms. The van der Waals surface area contributed by atoms with Crippen LogP contribution in [-0.4, -0.2) is 26.5 Å². The number of nitrogens with one attached hydrogen (secondary N) is 1. The SMILES string of the molecule is COC(=O)c1sccc1S(=O)(=O)NCc1ccc(-c2ccoc2)nc1. The number of methoxy groups -OCH3 is 1. The summed E-state index contributed by atoms with van der Waals surface area (Å²) >= 11 is 1.02. The van der Waals surface area contributed by atoms with Crippen molar-refractivity contribution < 1.29 is 22.4 Å². The van der Waals surface area contributed by atoms with E-state index in [9.17, 15) is 13.2 Å². The lowest BCUT2D eigenvalue weighted by Crippen LogP contribution is -2.24. The van der Waals surface area contributed by atoms with Gasteiger partial charge in [0, 0.05) is 18.3 Å². The molecule has 25 heavy (non-hydrogen) atoms. The number of carbonyl (C=O) groups excluding carboxylic acids is 1. The average molecular weight is 378 g/mol. The highest BCUT2D eigenvalue weighted by atomic mass is 32.2. The molecule has 0 amide bonds. The second kappa shape index (κ2) is 7.18. The molecule has 3 aromatic rings. The van der Waals surface area contributed by atoms with Gasteiger partial charge in [-0.15, -0.1) is 11.3 Å². The van der Waals surface area contributed by atoms with Crippen molar-refractivity contribution in [1.29, 1.82) is 0 Å². The molecule has 3 aromatic heterocycles. The van der Waals surface area contributed by atoms with Crippen LogP contribution < -0.4 is 4.72 Å². The highest BCUT2D eigenvalue weighted by molar-refractivity contribution is 7.89. The quantitative estimate of drug-likeness (QED) is 0.662. The minimum Gasteiger partial charge on any atom is -0.472 e. The van der Waals surface area contributed by atoms with Crippen LogP contribution in [0.4, 0.5) is 0 Å². The van der Waals surface area contributed by atoms with Crippen LogP contribution >= 0.6 is 11.3 Å². The molecule has 0 saturated carbocycles. The third-order valence-corrected chi connectivity index (χ3v) is 5.86. The number of esters is 1. The van der Waals surface area contributed by atoms with Gasteiger partial charge in [0.05, 0.1) is 25.3 Å². The molecule has 130 valence electrons. The molecule has 9 heteroatoms. The number of thiophene rings is 1. The predicted molar refractivity (Wildman–Crippen MR) is 91.6 cm³/mol. The van der Waals surface area contributed by atoms with Gasteiger partial charge in [-0.05, 0) is 29.1 Å². The van der Waals surface area contributed by atoms with E-state index in [1.165, 1.54) is 18.6 Å². The molecule has 0 bridgehead atoms. The van der Waals surface area contributed by atoms with Gasteiger partial charge in [0.2, 0.25) is 10.0 Å². The van der Waals surface area contributed by atoms with Crippen LogP contribution in [0, 0.1) is 0 Å². The summed E-state index contributed by atoms with van der Waals surface area (Å²) in [6.07, 6.45) is 4.72. The van der Waals surface area contributed by atoms with Gasteiger partial charge < -0.3 is 9.15 Å². The van der Waals surface area contributed by atoms with Crippen molar-refractivity contribution in [1.82, 2.24) is 9.71 Å². The number of sulfonamides is 1. The Bertz CT molecular complexity index is 960. The van der Waals surface area contributed by atoms with Gasteiger partial charge in [-0.1, -0.05) is 6.07 Å². The Morgan fingerprint density at radius 3 is 2.80 bits per heavy atom. The molecular weight excluding hydrogens is 364 g/mol. The lowest BCUT2D eigenvalue weighted by molar-refractivity contribution is 0.0602. The zero-order valence-corrected chi connectivity index (χ0v) is 14.8. The molecule has 0 atom stereocenters. The van der Waals surface area contributed by atoms with Crippen molar-refractivity contribution in [3.63, 3.8) is 0 Å². The average Bonchev–Trinajstić information content (AvgIpc) is 3.31. The fourth-order valence-electron chi connectivity index (χ4n) is 2.12. The van der Waals surface area contributed by atoms with E-state index in [0.29, 0.717) is 5.56 Å². The molecule has 0 unspecified atom stereocenters. The van der Waals surface area contributed by atoms with E-state index < -0.39 is 16.0 Å². The number of aromatic nitrogens is 1. The van der Waals surface area contributed by atoms with E-state index in [-0.39, 0.29) is 16.3 Å². The minimum atomic E-state index is -3.84. The number of carbonyl (C=O) groups is 1. The van der Waals surface area contributed by atoms with Crippen LogP contribution in [0.2, 0.25) is 0 Å². The summed E-state index contributed by atoms with van der Waals surface area (Å²) in [6.45, 7) is 0.0530. The highest BCUT2D eigenvalue weighted by Crippen LogP contribution is 2.23. The van der Waals surface area contributed by atoms with E-state index in [1.807, 2.05) is 0 Å². The molecule has 3 rings (SSSR count). The predicted octanol–water partition coefficient (Wildman–Crippen LogP) is 2.67. The van der Waals surface area contributed by atoms with Crippen LogP contribution in [0.25, 0.3) is 11.3 Å². The van der Waals surface area contributed by atoms with Crippen molar-refractivity contribution in [3.8, 4) is 11.3 Å². The van der Waals surface area contributed by atoms with Crippen LogP contribution in [0.15, 0.2) is 57.7 Å². The minimum absolute atomic E-state index is 0.0448. The number of ether oxygens (including phenoxy) is 1. The second-order valence-electron chi connectivity index (χ2n) is 4.99. The lowest BCUT2D eigenvalue weighted by atomic mass is 10.2. The van der Waals surface area contributed by atoms with Crippen molar-refractivity contribution in [2.75, 3.05) is 7.11 Å². The number of furan rings is 1. The van der Waals surface area contributed by atoms with Crippen molar-refractivity contribution in [2.24, 2.45) is 0 Å². The smallest absolute Gasteiger partial charge is 0.349 e. The summed E-state index contributed by atoms with van der Waals surface area (Å²) in [5, 5.41) is 1.53. The molecule has 0 aliphatic carbocycles. The molecule has 0 fully saturated rings.